The second-order valence-corrected chi connectivity index (χ2v) is 7.02. The number of ether oxygens (including phenoxy) is 1. The molecule has 0 amide bonds. The van der Waals surface area contributed by atoms with E-state index in [0.717, 1.165) is 20.9 Å². The average Bonchev–Trinajstić information content (AvgIpc) is 2.45. The van der Waals surface area contributed by atoms with Crippen LogP contribution < -0.4 is 4.74 Å². The predicted octanol–water partition coefficient (Wildman–Crippen LogP) is 7.17. The molecule has 0 unspecified atom stereocenters. The molecule has 1 heterocycles. The summed E-state index contributed by atoms with van der Waals surface area (Å²) in [6, 6.07) is 3.64. The second kappa shape index (κ2) is 5.19. The lowest BCUT2D eigenvalue weighted by atomic mass is 10.1. The molecule has 20 heavy (non-hydrogen) atoms. The van der Waals surface area contributed by atoms with Gasteiger partial charge in [0.15, 0.2) is 11.5 Å². The third kappa shape index (κ3) is 2.10. The van der Waals surface area contributed by atoms with E-state index in [1.165, 1.54) is 0 Å². The van der Waals surface area contributed by atoms with Gasteiger partial charge < -0.3 is 4.74 Å². The third-order valence-electron chi connectivity index (χ3n) is 3.26. The standard InChI is InChI=1S/C14H8Cl4OS/c1-5-6(2)14-13(11(18)9(5)16)19-12-8(20-14)4-3-7(15)10(12)17/h3-4H,1-2H3. The highest BCUT2D eigenvalue weighted by molar-refractivity contribution is 7.99. The zero-order valence-electron chi connectivity index (χ0n) is 10.5. The Labute approximate surface area is 141 Å². The van der Waals surface area contributed by atoms with Crippen LogP contribution in [0, 0.1) is 13.8 Å². The summed E-state index contributed by atoms with van der Waals surface area (Å²) in [5.41, 5.74) is 2.01. The van der Waals surface area contributed by atoms with Crippen molar-refractivity contribution in [2.45, 2.75) is 23.6 Å². The smallest absolute Gasteiger partial charge is 0.161 e. The predicted molar refractivity (Wildman–Crippen MR) is 86.6 cm³/mol. The van der Waals surface area contributed by atoms with Crippen molar-refractivity contribution in [2.24, 2.45) is 0 Å². The quantitative estimate of drug-likeness (QED) is 0.417. The van der Waals surface area contributed by atoms with Crippen LogP contribution >= 0.6 is 58.2 Å². The van der Waals surface area contributed by atoms with Gasteiger partial charge in [0, 0.05) is 0 Å². The van der Waals surface area contributed by atoms with Gasteiger partial charge in [-0.05, 0) is 37.1 Å². The SMILES string of the molecule is Cc1c(C)c2c(c(Cl)c1Cl)Oc1c(ccc(Cl)c1Cl)S2. The summed E-state index contributed by atoms with van der Waals surface area (Å²) in [5, 5.41) is 1.73. The number of rotatable bonds is 0. The molecule has 0 saturated carbocycles. The van der Waals surface area contributed by atoms with E-state index in [-0.39, 0.29) is 0 Å². The minimum atomic E-state index is 0.382. The van der Waals surface area contributed by atoms with E-state index < -0.39 is 0 Å². The molecule has 0 fully saturated rings. The van der Waals surface area contributed by atoms with E-state index in [1.807, 2.05) is 19.9 Å². The summed E-state index contributed by atoms with van der Waals surface area (Å²) < 4.78 is 5.88. The van der Waals surface area contributed by atoms with Crippen molar-refractivity contribution in [2.75, 3.05) is 0 Å². The fourth-order valence-corrected chi connectivity index (χ4v) is 4.09. The second-order valence-electron chi connectivity index (χ2n) is 4.43. The van der Waals surface area contributed by atoms with Crippen molar-refractivity contribution in [1.82, 2.24) is 0 Å². The molecular weight excluding hydrogens is 358 g/mol. The zero-order chi connectivity index (χ0) is 14.6. The first-order chi connectivity index (χ1) is 9.41. The van der Waals surface area contributed by atoms with E-state index >= 15 is 0 Å². The van der Waals surface area contributed by atoms with Crippen molar-refractivity contribution in [1.29, 1.82) is 0 Å². The molecule has 104 valence electrons. The van der Waals surface area contributed by atoms with Crippen LogP contribution in [0.3, 0.4) is 0 Å². The van der Waals surface area contributed by atoms with Crippen LogP contribution in [0.1, 0.15) is 11.1 Å². The topological polar surface area (TPSA) is 9.23 Å². The van der Waals surface area contributed by atoms with E-state index in [1.54, 1.807) is 17.8 Å². The summed E-state index contributed by atoms with van der Waals surface area (Å²) >= 11 is 26.3. The summed E-state index contributed by atoms with van der Waals surface area (Å²) in [6.07, 6.45) is 0. The van der Waals surface area contributed by atoms with Gasteiger partial charge in [0.2, 0.25) is 0 Å². The molecule has 0 N–H and O–H groups in total. The van der Waals surface area contributed by atoms with Crippen molar-refractivity contribution in [3.8, 4) is 11.5 Å². The molecule has 2 aromatic carbocycles. The van der Waals surface area contributed by atoms with Crippen LogP contribution in [0.25, 0.3) is 0 Å². The van der Waals surface area contributed by atoms with E-state index in [0.29, 0.717) is 31.6 Å². The van der Waals surface area contributed by atoms with Crippen molar-refractivity contribution in [3.05, 3.63) is 43.4 Å². The van der Waals surface area contributed by atoms with Crippen LogP contribution in [0.2, 0.25) is 20.1 Å². The lowest BCUT2D eigenvalue weighted by Gasteiger charge is -2.25. The lowest BCUT2D eigenvalue weighted by molar-refractivity contribution is 0.454. The van der Waals surface area contributed by atoms with E-state index in [2.05, 4.69) is 0 Å². The first kappa shape index (κ1) is 14.7. The molecule has 1 nitrogen and oxygen atoms in total. The molecule has 0 aliphatic carbocycles. The van der Waals surface area contributed by atoms with Crippen molar-refractivity contribution < 1.29 is 4.74 Å². The summed E-state index contributed by atoms with van der Waals surface area (Å²) in [7, 11) is 0. The molecule has 0 atom stereocenters. The van der Waals surface area contributed by atoms with Gasteiger partial charge in [-0.3, -0.25) is 0 Å². The molecular formula is C14H8Cl4OS. The van der Waals surface area contributed by atoms with Crippen molar-refractivity contribution >= 4 is 58.2 Å². The third-order valence-corrected chi connectivity index (χ3v) is 6.21. The fraction of sp³-hybridized carbons (Fsp3) is 0.143. The minimum absolute atomic E-state index is 0.382. The Morgan fingerprint density at radius 2 is 1.55 bits per heavy atom. The zero-order valence-corrected chi connectivity index (χ0v) is 14.3. The molecule has 6 heteroatoms. The number of hydrogen-bond acceptors (Lipinski definition) is 2. The lowest BCUT2D eigenvalue weighted by Crippen LogP contribution is -2.01. The molecule has 0 saturated heterocycles. The Morgan fingerprint density at radius 3 is 2.25 bits per heavy atom. The van der Waals surface area contributed by atoms with Gasteiger partial charge >= 0.3 is 0 Å². The Hall–Kier alpha value is -0.250. The van der Waals surface area contributed by atoms with Gasteiger partial charge in [-0.15, -0.1) is 0 Å². The van der Waals surface area contributed by atoms with E-state index in [4.69, 9.17) is 51.1 Å². The van der Waals surface area contributed by atoms with Crippen molar-refractivity contribution in [3.63, 3.8) is 0 Å². The molecule has 3 rings (SSSR count). The monoisotopic (exact) mass is 364 g/mol. The number of hydrogen-bond donors (Lipinski definition) is 0. The first-order valence-corrected chi connectivity index (χ1v) is 8.06. The average molecular weight is 366 g/mol. The molecule has 0 aromatic heterocycles. The van der Waals surface area contributed by atoms with Gasteiger partial charge in [-0.25, -0.2) is 0 Å². The minimum Gasteiger partial charge on any atom is -0.452 e. The fourth-order valence-electron chi connectivity index (χ4n) is 1.99. The highest BCUT2D eigenvalue weighted by Crippen LogP contribution is 2.56. The first-order valence-electron chi connectivity index (χ1n) is 5.73. The van der Waals surface area contributed by atoms with E-state index in [9.17, 15) is 0 Å². The maximum Gasteiger partial charge on any atom is 0.161 e. The Kier molecular flexibility index (Phi) is 3.81. The van der Waals surface area contributed by atoms with Crippen LogP contribution in [0.5, 0.6) is 11.5 Å². The molecule has 1 aliphatic heterocycles. The normalized spacial score (nSPS) is 12.7. The number of benzene rings is 2. The molecule has 0 spiro atoms. The molecule has 2 aromatic rings. The van der Waals surface area contributed by atoms with Crippen LogP contribution in [-0.2, 0) is 0 Å². The van der Waals surface area contributed by atoms with Gasteiger partial charge in [0.05, 0.1) is 19.8 Å². The molecule has 1 aliphatic rings. The van der Waals surface area contributed by atoms with Gasteiger partial charge in [0.25, 0.3) is 0 Å². The van der Waals surface area contributed by atoms with Crippen LogP contribution in [-0.4, -0.2) is 0 Å². The Balaban J connectivity index is 2.26. The van der Waals surface area contributed by atoms with Gasteiger partial charge in [-0.2, -0.15) is 0 Å². The maximum atomic E-state index is 6.30. The number of fused-ring (bicyclic) bond motifs is 2. The van der Waals surface area contributed by atoms with Crippen LogP contribution in [0.4, 0.5) is 0 Å². The Morgan fingerprint density at radius 1 is 0.850 bits per heavy atom. The highest BCUT2D eigenvalue weighted by Gasteiger charge is 2.28. The largest absolute Gasteiger partial charge is 0.452 e. The summed E-state index contributed by atoms with van der Waals surface area (Å²) in [6.45, 7) is 3.93. The summed E-state index contributed by atoms with van der Waals surface area (Å²) in [5.74, 6) is 1.07. The van der Waals surface area contributed by atoms with Gasteiger partial charge in [-0.1, -0.05) is 58.2 Å². The maximum absolute atomic E-state index is 6.30. The number of halogens is 4. The summed E-state index contributed by atoms with van der Waals surface area (Å²) in [4.78, 5) is 1.87. The van der Waals surface area contributed by atoms with Crippen LogP contribution in [0.15, 0.2) is 21.9 Å². The Bertz CT molecular complexity index is 743. The van der Waals surface area contributed by atoms with Gasteiger partial charge in [0.1, 0.15) is 10.0 Å². The molecule has 0 bridgehead atoms. The highest BCUT2D eigenvalue weighted by atomic mass is 35.5. The molecule has 0 radical (unpaired) electrons.